The van der Waals surface area contributed by atoms with Crippen molar-refractivity contribution in [2.24, 2.45) is 0 Å². The molecule has 0 saturated heterocycles. The smallest absolute Gasteiger partial charge is 1.00 e. The third-order valence-corrected chi connectivity index (χ3v) is 1.00. The first-order valence-electron chi connectivity index (χ1n) is 2.43. The van der Waals surface area contributed by atoms with Crippen LogP contribution in [-0.2, 0) is 0 Å². The Kier molecular flexibility index (Phi) is 7.65. The van der Waals surface area contributed by atoms with Gasteiger partial charge in [0.2, 0.25) is 0 Å². The van der Waals surface area contributed by atoms with Gasteiger partial charge in [-0.2, -0.15) is 18.2 Å². The summed E-state index contributed by atoms with van der Waals surface area (Å²) in [4.78, 5) is 0. The molecule has 1 aromatic carbocycles. The first-order valence-corrected chi connectivity index (χ1v) is 2.43. The van der Waals surface area contributed by atoms with Crippen LogP contribution in [-0.4, -0.2) is 23.1 Å². The fourth-order valence-electron chi connectivity index (χ4n) is 0.495. The van der Waals surface area contributed by atoms with E-state index < -0.39 is 0 Å². The average Bonchev–Trinajstić information content (AvgIpc) is 1.77. The molecule has 3 heteroatoms. The molecule has 10 heavy (non-hydrogen) atoms. The number of hydrogen-bond acceptors (Lipinski definition) is 0. The molecule has 0 bridgehead atoms. The summed E-state index contributed by atoms with van der Waals surface area (Å²) in [5.74, 6) is -0.163. The third-order valence-electron chi connectivity index (χ3n) is 1.00. The van der Waals surface area contributed by atoms with Crippen molar-refractivity contribution >= 4 is 23.1 Å². The Balaban J connectivity index is 0. The van der Waals surface area contributed by atoms with Crippen LogP contribution in [0.4, 0.5) is 4.39 Å². The van der Waals surface area contributed by atoms with E-state index in [4.69, 9.17) is 0 Å². The fourth-order valence-corrected chi connectivity index (χ4v) is 0.495. The van der Waals surface area contributed by atoms with Gasteiger partial charge in [-0.25, -0.2) is 4.39 Å². The standard InChI is InChI=1S/C7H6F.ClH.Mg/c1-6-4-2-3-5-7(6)8;;/h3-5H,1H3;1H;/q-1;;+2/p-1. The Hall–Kier alpha value is 0.206. The maximum absolute atomic E-state index is 12.3. The van der Waals surface area contributed by atoms with E-state index in [0.717, 1.165) is 0 Å². The van der Waals surface area contributed by atoms with Crippen molar-refractivity contribution in [3.8, 4) is 0 Å². The number of halogens is 2. The quantitative estimate of drug-likeness (QED) is 0.329. The molecule has 0 fully saturated rings. The van der Waals surface area contributed by atoms with Crippen LogP contribution >= 0.6 is 0 Å². The average molecular weight is 169 g/mol. The molecule has 0 unspecified atom stereocenters. The molecule has 0 spiro atoms. The zero-order chi connectivity index (χ0) is 5.98. The number of benzene rings is 1. The summed E-state index contributed by atoms with van der Waals surface area (Å²) in [7, 11) is 0. The van der Waals surface area contributed by atoms with Crippen molar-refractivity contribution in [3.63, 3.8) is 0 Å². The minimum absolute atomic E-state index is 0. The molecule has 0 nitrogen and oxygen atoms in total. The van der Waals surface area contributed by atoms with Crippen LogP contribution < -0.4 is 12.4 Å². The summed E-state index contributed by atoms with van der Waals surface area (Å²) in [5.41, 5.74) is 0.646. The number of hydrogen-bond donors (Lipinski definition) is 0. The maximum Gasteiger partial charge on any atom is 2.00 e. The van der Waals surface area contributed by atoms with E-state index in [1.165, 1.54) is 6.07 Å². The monoisotopic (exact) mass is 168 g/mol. The van der Waals surface area contributed by atoms with Gasteiger partial charge in [-0.15, -0.1) is 11.6 Å². The van der Waals surface area contributed by atoms with Crippen molar-refractivity contribution < 1.29 is 16.8 Å². The van der Waals surface area contributed by atoms with Gasteiger partial charge in [-0.3, -0.25) is 0 Å². The minimum atomic E-state index is -0.163. The minimum Gasteiger partial charge on any atom is -1.00 e. The topological polar surface area (TPSA) is 0 Å². The Morgan fingerprint density at radius 1 is 1.50 bits per heavy atom. The SMILES string of the molecule is Cc1c[c-]ccc1F.[Cl-].[Mg+2]. The molecule has 0 aliphatic carbocycles. The van der Waals surface area contributed by atoms with Gasteiger partial charge in [0.25, 0.3) is 0 Å². The summed E-state index contributed by atoms with van der Waals surface area (Å²) >= 11 is 0. The Morgan fingerprint density at radius 3 is 2.40 bits per heavy atom. The van der Waals surface area contributed by atoms with E-state index >= 15 is 0 Å². The van der Waals surface area contributed by atoms with Crippen LogP contribution in [0.25, 0.3) is 0 Å². The fraction of sp³-hybridized carbons (Fsp3) is 0.143. The second-order valence-corrected chi connectivity index (χ2v) is 1.68. The van der Waals surface area contributed by atoms with Crippen LogP contribution in [0, 0.1) is 18.8 Å². The van der Waals surface area contributed by atoms with Crippen LogP contribution in [0.5, 0.6) is 0 Å². The zero-order valence-electron chi connectivity index (χ0n) is 5.70. The van der Waals surface area contributed by atoms with Gasteiger partial charge >= 0.3 is 23.1 Å². The predicted octanol–water partition coefficient (Wildman–Crippen LogP) is -1.44. The van der Waals surface area contributed by atoms with Crippen molar-refractivity contribution in [1.29, 1.82) is 0 Å². The van der Waals surface area contributed by atoms with E-state index in [2.05, 4.69) is 6.07 Å². The van der Waals surface area contributed by atoms with Crippen molar-refractivity contribution in [1.82, 2.24) is 0 Å². The summed E-state index contributed by atoms with van der Waals surface area (Å²) < 4.78 is 12.3. The first kappa shape index (κ1) is 12.8. The number of aryl methyl sites for hydroxylation is 1. The molecule has 50 valence electrons. The van der Waals surface area contributed by atoms with Gasteiger partial charge in [-0.1, -0.05) is 6.92 Å². The van der Waals surface area contributed by atoms with E-state index in [1.807, 2.05) is 0 Å². The van der Waals surface area contributed by atoms with Gasteiger partial charge in [0.1, 0.15) is 0 Å². The largest absolute Gasteiger partial charge is 2.00 e. The molecule has 1 aromatic rings. The molecular formula is C7H6ClFMg. The van der Waals surface area contributed by atoms with Crippen molar-refractivity contribution in [2.75, 3.05) is 0 Å². The van der Waals surface area contributed by atoms with Gasteiger partial charge < -0.3 is 12.4 Å². The van der Waals surface area contributed by atoms with E-state index in [-0.39, 0.29) is 41.3 Å². The van der Waals surface area contributed by atoms with Crippen LogP contribution in [0.1, 0.15) is 5.56 Å². The van der Waals surface area contributed by atoms with Crippen LogP contribution in [0.2, 0.25) is 0 Å². The summed E-state index contributed by atoms with van der Waals surface area (Å²) in [6, 6.07) is 7.34. The Labute approximate surface area is 82.4 Å². The Bertz CT molecular complexity index is 170. The summed E-state index contributed by atoms with van der Waals surface area (Å²) in [5, 5.41) is 0. The summed E-state index contributed by atoms with van der Waals surface area (Å²) in [6.07, 6.45) is 0. The van der Waals surface area contributed by atoms with E-state index in [9.17, 15) is 4.39 Å². The van der Waals surface area contributed by atoms with Crippen molar-refractivity contribution in [2.45, 2.75) is 6.92 Å². The molecule has 0 aliphatic rings. The van der Waals surface area contributed by atoms with Gasteiger partial charge in [0.15, 0.2) is 0 Å². The molecule has 1 rings (SSSR count). The summed E-state index contributed by atoms with van der Waals surface area (Å²) in [6.45, 7) is 1.71. The van der Waals surface area contributed by atoms with Gasteiger partial charge in [0, 0.05) is 5.82 Å². The third kappa shape index (κ3) is 3.39. The molecule has 0 aliphatic heterocycles. The van der Waals surface area contributed by atoms with Crippen LogP contribution in [0.3, 0.4) is 0 Å². The molecule has 0 radical (unpaired) electrons. The first-order chi connectivity index (χ1) is 3.80. The molecule has 0 saturated carbocycles. The van der Waals surface area contributed by atoms with E-state index in [1.54, 1.807) is 19.1 Å². The maximum atomic E-state index is 12.3. The second-order valence-electron chi connectivity index (χ2n) is 1.68. The molecule has 0 N–H and O–H groups in total. The molecule has 0 heterocycles. The Morgan fingerprint density at radius 2 is 2.10 bits per heavy atom. The van der Waals surface area contributed by atoms with E-state index in [0.29, 0.717) is 5.56 Å². The van der Waals surface area contributed by atoms with Crippen molar-refractivity contribution in [3.05, 3.63) is 35.6 Å². The predicted molar refractivity (Wildman–Crippen MR) is 35.7 cm³/mol. The van der Waals surface area contributed by atoms with Gasteiger partial charge in [0.05, 0.1) is 0 Å². The molecule has 0 atom stereocenters. The molecule has 0 amide bonds. The molecule has 0 aromatic heterocycles. The second kappa shape index (κ2) is 5.95. The molecular weight excluding hydrogens is 163 g/mol. The number of rotatable bonds is 0. The normalized spacial score (nSPS) is 7.40. The van der Waals surface area contributed by atoms with Gasteiger partial charge in [-0.05, 0) is 0 Å². The zero-order valence-corrected chi connectivity index (χ0v) is 7.87. The van der Waals surface area contributed by atoms with Crippen LogP contribution in [0.15, 0.2) is 18.2 Å².